The van der Waals surface area contributed by atoms with Crippen LogP contribution in [0.5, 0.6) is 0 Å². The molecule has 3 aliphatic carbocycles. The van der Waals surface area contributed by atoms with E-state index in [1.54, 1.807) is 4.68 Å². The van der Waals surface area contributed by atoms with Crippen molar-refractivity contribution < 1.29 is 0 Å². The van der Waals surface area contributed by atoms with Gasteiger partial charge in [-0.25, -0.2) is 0 Å². The van der Waals surface area contributed by atoms with Crippen molar-refractivity contribution in [2.24, 2.45) is 36.5 Å². The molecule has 3 fully saturated rings. The number of hydrogen-bond donors (Lipinski definition) is 1. The molecule has 98 valence electrons. The highest BCUT2D eigenvalue weighted by Crippen LogP contribution is 2.62. The predicted molar refractivity (Wildman–Crippen MR) is 68.7 cm³/mol. The maximum atomic E-state index is 6.76. The van der Waals surface area contributed by atoms with Gasteiger partial charge in [-0.05, 0) is 49.4 Å². The number of aryl methyl sites for hydroxylation is 1. The fourth-order valence-corrected chi connectivity index (χ4v) is 5.33. The van der Waals surface area contributed by atoms with Crippen molar-refractivity contribution in [3.63, 3.8) is 0 Å². The van der Waals surface area contributed by atoms with E-state index in [4.69, 9.17) is 5.73 Å². The van der Waals surface area contributed by atoms with Gasteiger partial charge in [-0.3, -0.25) is 4.68 Å². The molecule has 4 nitrogen and oxygen atoms in total. The highest BCUT2D eigenvalue weighted by atomic mass is 15.4. The molecular formula is C14H22N4. The zero-order valence-corrected chi connectivity index (χ0v) is 11.0. The van der Waals surface area contributed by atoms with Gasteiger partial charge >= 0.3 is 0 Å². The van der Waals surface area contributed by atoms with Crippen LogP contribution in [0.2, 0.25) is 0 Å². The fourth-order valence-electron chi connectivity index (χ4n) is 5.33. The lowest BCUT2D eigenvalue weighted by Gasteiger charge is -2.39. The molecule has 5 unspecified atom stereocenters. The first-order chi connectivity index (χ1) is 8.66. The van der Waals surface area contributed by atoms with Crippen LogP contribution in [0.25, 0.3) is 0 Å². The first-order valence-electron chi connectivity index (χ1n) is 7.30. The number of nitrogens with zero attached hydrogens (tertiary/aromatic N) is 3. The van der Waals surface area contributed by atoms with Crippen LogP contribution in [0.15, 0.2) is 6.20 Å². The zero-order chi connectivity index (χ0) is 12.3. The maximum absolute atomic E-state index is 6.76. The number of aromatic nitrogens is 3. The smallest absolute Gasteiger partial charge is 0.0845 e. The van der Waals surface area contributed by atoms with Gasteiger partial charge in [-0.2, -0.15) is 0 Å². The summed E-state index contributed by atoms with van der Waals surface area (Å²) in [6, 6.07) is 0. The Morgan fingerprint density at radius 1 is 1.44 bits per heavy atom. The molecule has 5 atom stereocenters. The molecule has 4 rings (SSSR count). The van der Waals surface area contributed by atoms with Gasteiger partial charge in [-0.1, -0.05) is 11.6 Å². The van der Waals surface area contributed by atoms with Crippen LogP contribution in [-0.4, -0.2) is 20.5 Å². The van der Waals surface area contributed by atoms with Gasteiger partial charge in [0.15, 0.2) is 0 Å². The van der Waals surface area contributed by atoms with Crippen molar-refractivity contribution in [2.45, 2.75) is 44.1 Å². The lowest BCUT2D eigenvalue weighted by Crippen LogP contribution is -2.51. The summed E-state index contributed by atoms with van der Waals surface area (Å²) in [5, 5.41) is 8.26. The van der Waals surface area contributed by atoms with Crippen LogP contribution in [0.3, 0.4) is 0 Å². The average Bonchev–Trinajstić information content (AvgIpc) is 2.99. The van der Waals surface area contributed by atoms with Gasteiger partial charge in [0.25, 0.3) is 0 Å². The molecule has 0 saturated heterocycles. The van der Waals surface area contributed by atoms with Crippen LogP contribution in [0.1, 0.15) is 37.8 Å². The Hall–Kier alpha value is -0.900. The van der Waals surface area contributed by atoms with Crippen molar-refractivity contribution >= 4 is 0 Å². The quantitative estimate of drug-likeness (QED) is 0.860. The van der Waals surface area contributed by atoms with Crippen molar-refractivity contribution in [3.05, 3.63) is 11.9 Å². The molecule has 0 aromatic carbocycles. The Labute approximate surface area is 108 Å². The minimum Gasteiger partial charge on any atom is -0.324 e. The summed E-state index contributed by atoms with van der Waals surface area (Å²) < 4.78 is 1.78. The fraction of sp³-hybridized carbons (Fsp3) is 0.857. The lowest BCUT2D eigenvalue weighted by atomic mass is 9.69. The summed E-state index contributed by atoms with van der Waals surface area (Å²) in [6.45, 7) is 0. The van der Waals surface area contributed by atoms with Crippen molar-refractivity contribution in [2.75, 3.05) is 0 Å². The van der Waals surface area contributed by atoms with Crippen LogP contribution in [-0.2, 0) is 13.5 Å². The predicted octanol–water partition coefficient (Wildman–Crippen LogP) is 1.51. The minimum absolute atomic E-state index is 0.00616. The molecule has 18 heavy (non-hydrogen) atoms. The topological polar surface area (TPSA) is 56.7 Å². The molecule has 2 bridgehead atoms. The Balaban J connectivity index is 1.58. The second kappa shape index (κ2) is 3.56. The van der Waals surface area contributed by atoms with Crippen molar-refractivity contribution in [1.82, 2.24) is 15.0 Å². The van der Waals surface area contributed by atoms with Crippen molar-refractivity contribution in [1.29, 1.82) is 0 Å². The molecule has 1 heterocycles. The molecule has 0 aliphatic heterocycles. The lowest BCUT2D eigenvalue weighted by molar-refractivity contribution is 0.155. The first kappa shape index (κ1) is 11.0. The molecule has 0 amide bonds. The van der Waals surface area contributed by atoms with Gasteiger partial charge in [-0.15, -0.1) is 5.10 Å². The number of rotatable bonds is 2. The summed E-state index contributed by atoms with van der Waals surface area (Å²) in [4.78, 5) is 0. The van der Waals surface area contributed by atoms with Gasteiger partial charge < -0.3 is 5.73 Å². The van der Waals surface area contributed by atoms with Gasteiger partial charge in [0.1, 0.15) is 0 Å². The standard InChI is InChI=1S/C14H22N4/c1-18-8-10(16-17-18)7-14(15)6-9-5-13(14)12-4-2-3-11(9)12/h8-9,11-13H,2-7,15H2,1H3. The molecule has 1 aromatic heterocycles. The summed E-state index contributed by atoms with van der Waals surface area (Å²) in [7, 11) is 1.92. The summed E-state index contributed by atoms with van der Waals surface area (Å²) in [5.74, 6) is 3.58. The second-order valence-electron chi connectivity index (χ2n) is 6.86. The molecule has 2 N–H and O–H groups in total. The highest BCUT2D eigenvalue weighted by Gasteiger charge is 2.59. The number of hydrogen-bond acceptors (Lipinski definition) is 3. The van der Waals surface area contributed by atoms with E-state index < -0.39 is 0 Å². The summed E-state index contributed by atoms with van der Waals surface area (Å²) in [5.41, 5.74) is 7.84. The Morgan fingerprint density at radius 2 is 2.28 bits per heavy atom. The van der Waals surface area contributed by atoms with Gasteiger partial charge in [0, 0.05) is 25.2 Å². The molecule has 3 saturated carbocycles. The van der Waals surface area contributed by atoms with E-state index in [2.05, 4.69) is 10.3 Å². The normalized spacial score (nSPS) is 45.7. The van der Waals surface area contributed by atoms with Crippen molar-refractivity contribution in [3.8, 4) is 0 Å². The molecule has 0 spiro atoms. The first-order valence-corrected chi connectivity index (χ1v) is 7.30. The highest BCUT2D eigenvalue weighted by molar-refractivity contribution is 5.16. The SMILES string of the molecule is Cn1cc(CC2(N)CC3CC2C2CCCC32)nn1. The Bertz CT molecular complexity index is 468. The maximum Gasteiger partial charge on any atom is 0.0845 e. The largest absolute Gasteiger partial charge is 0.324 e. The minimum atomic E-state index is 0.00616. The zero-order valence-electron chi connectivity index (χ0n) is 11.0. The molecule has 1 aromatic rings. The van der Waals surface area contributed by atoms with E-state index in [1.165, 1.54) is 32.1 Å². The molecule has 0 radical (unpaired) electrons. The average molecular weight is 246 g/mol. The Kier molecular flexibility index (Phi) is 2.17. The van der Waals surface area contributed by atoms with E-state index in [0.717, 1.165) is 35.8 Å². The van der Waals surface area contributed by atoms with E-state index in [0.29, 0.717) is 0 Å². The van der Waals surface area contributed by atoms with Gasteiger partial charge in [0.2, 0.25) is 0 Å². The molecular weight excluding hydrogens is 224 g/mol. The third-order valence-electron chi connectivity index (χ3n) is 5.84. The van der Waals surface area contributed by atoms with Gasteiger partial charge in [0.05, 0.1) is 5.69 Å². The Morgan fingerprint density at radius 3 is 3.06 bits per heavy atom. The molecule has 3 aliphatic rings. The monoisotopic (exact) mass is 246 g/mol. The van der Waals surface area contributed by atoms with E-state index in [1.807, 2.05) is 13.2 Å². The number of nitrogens with two attached hydrogens (primary N) is 1. The van der Waals surface area contributed by atoms with Crippen LogP contribution in [0.4, 0.5) is 0 Å². The number of fused-ring (bicyclic) bond motifs is 5. The van der Waals surface area contributed by atoms with Crippen LogP contribution >= 0.6 is 0 Å². The van der Waals surface area contributed by atoms with Crippen LogP contribution in [0, 0.1) is 23.7 Å². The van der Waals surface area contributed by atoms with Crippen LogP contribution < -0.4 is 5.73 Å². The third-order valence-corrected chi connectivity index (χ3v) is 5.84. The second-order valence-corrected chi connectivity index (χ2v) is 6.86. The third kappa shape index (κ3) is 1.41. The molecule has 4 heteroatoms. The van der Waals surface area contributed by atoms with E-state index in [-0.39, 0.29) is 5.54 Å². The van der Waals surface area contributed by atoms with E-state index >= 15 is 0 Å². The van der Waals surface area contributed by atoms with E-state index in [9.17, 15) is 0 Å². The summed E-state index contributed by atoms with van der Waals surface area (Å²) in [6.07, 6.45) is 9.86. The summed E-state index contributed by atoms with van der Waals surface area (Å²) >= 11 is 0.